The van der Waals surface area contributed by atoms with Crippen LogP contribution in [0.4, 0.5) is 0 Å². The average Bonchev–Trinajstić information content (AvgIpc) is 2.74. The number of fused-ring (bicyclic) bond motifs is 1. The van der Waals surface area contributed by atoms with Crippen LogP contribution in [0.25, 0.3) is 5.65 Å². The van der Waals surface area contributed by atoms with E-state index in [0.717, 1.165) is 27.1 Å². The van der Waals surface area contributed by atoms with Crippen LogP contribution in [0.5, 0.6) is 0 Å². The third-order valence-corrected chi connectivity index (χ3v) is 4.47. The number of aromatic nitrogens is 4. The molecule has 0 saturated heterocycles. The maximum absolute atomic E-state index is 12.1. The third kappa shape index (κ3) is 2.49. The maximum Gasteiger partial charge on any atom is 0.274 e. The van der Waals surface area contributed by atoms with Crippen molar-refractivity contribution in [1.82, 2.24) is 19.2 Å². The van der Waals surface area contributed by atoms with Gasteiger partial charge in [-0.05, 0) is 41.4 Å². The zero-order valence-electron chi connectivity index (χ0n) is 11.5. The molecule has 0 aliphatic rings. The number of hydrogen-bond acceptors (Lipinski definition) is 3. The molecule has 7 heteroatoms. The number of nitrogens with zero attached hydrogens (tertiary/aromatic N) is 4. The topological polar surface area (TPSA) is 52.2 Å². The predicted octanol–water partition coefficient (Wildman–Crippen LogP) is 2.97. The second-order valence-corrected chi connectivity index (χ2v) is 6.01. The number of aryl methyl sites for hydroxylation is 2. The Labute approximate surface area is 134 Å². The van der Waals surface area contributed by atoms with E-state index in [2.05, 4.69) is 26.0 Å². The normalized spacial score (nSPS) is 11.2. The summed E-state index contributed by atoms with van der Waals surface area (Å²) in [6, 6.07) is 5.25. The Morgan fingerprint density at radius 3 is 2.76 bits per heavy atom. The van der Waals surface area contributed by atoms with Gasteiger partial charge in [0.1, 0.15) is 5.15 Å². The predicted molar refractivity (Wildman–Crippen MR) is 85.0 cm³/mol. The first-order valence-electron chi connectivity index (χ1n) is 6.33. The molecule has 0 unspecified atom stereocenters. The molecule has 3 rings (SSSR count). The van der Waals surface area contributed by atoms with E-state index in [1.54, 1.807) is 18.3 Å². The fraction of sp³-hybridized carbons (Fsp3) is 0.214. The van der Waals surface area contributed by atoms with Gasteiger partial charge >= 0.3 is 0 Å². The van der Waals surface area contributed by atoms with Crippen LogP contribution in [0.15, 0.2) is 33.7 Å². The van der Waals surface area contributed by atoms with E-state index in [0.29, 0.717) is 11.7 Å². The molecule has 0 aromatic carbocycles. The first-order valence-corrected chi connectivity index (χ1v) is 7.50. The molecule has 0 aliphatic carbocycles. The highest BCUT2D eigenvalue weighted by Gasteiger charge is 2.14. The van der Waals surface area contributed by atoms with Crippen LogP contribution in [0.3, 0.4) is 0 Å². The second kappa shape index (κ2) is 5.27. The van der Waals surface area contributed by atoms with Crippen molar-refractivity contribution in [3.8, 4) is 0 Å². The summed E-state index contributed by atoms with van der Waals surface area (Å²) >= 11 is 9.32. The van der Waals surface area contributed by atoms with Crippen LogP contribution in [0.2, 0.25) is 5.15 Å². The molecule has 21 heavy (non-hydrogen) atoms. The van der Waals surface area contributed by atoms with Crippen LogP contribution in [-0.4, -0.2) is 19.2 Å². The molecule has 0 N–H and O–H groups in total. The van der Waals surface area contributed by atoms with Gasteiger partial charge in [-0.25, -0.2) is 4.98 Å². The summed E-state index contributed by atoms with van der Waals surface area (Å²) in [5, 5.41) is 4.73. The number of pyridine rings is 1. The highest BCUT2D eigenvalue weighted by atomic mass is 79.9. The van der Waals surface area contributed by atoms with Crippen LogP contribution in [0, 0.1) is 13.8 Å². The van der Waals surface area contributed by atoms with Crippen molar-refractivity contribution in [2.45, 2.75) is 20.4 Å². The summed E-state index contributed by atoms with van der Waals surface area (Å²) in [5.41, 5.74) is 3.25. The molecule has 0 amide bonds. The molecule has 0 bridgehead atoms. The molecule has 0 spiro atoms. The molecule has 5 nitrogen and oxygen atoms in total. The van der Waals surface area contributed by atoms with E-state index in [-0.39, 0.29) is 5.56 Å². The summed E-state index contributed by atoms with van der Waals surface area (Å²) in [6.45, 7) is 4.35. The number of rotatable bonds is 2. The lowest BCUT2D eigenvalue weighted by atomic mass is 10.2. The molecule has 0 atom stereocenters. The smallest absolute Gasteiger partial charge is 0.274 e. The zero-order valence-corrected chi connectivity index (χ0v) is 13.8. The van der Waals surface area contributed by atoms with Crippen LogP contribution < -0.4 is 5.56 Å². The highest BCUT2D eigenvalue weighted by Crippen LogP contribution is 2.22. The maximum atomic E-state index is 12.1. The average molecular weight is 368 g/mol. The Balaban J connectivity index is 2.22. The Kier molecular flexibility index (Phi) is 3.59. The Morgan fingerprint density at radius 2 is 2.10 bits per heavy atom. The lowest BCUT2D eigenvalue weighted by Gasteiger charge is -2.13. The lowest BCUT2D eigenvalue weighted by Crippen LogP contribution is -2.20. The molecule has 0 saturated carbocycles. The quantitative estimate of drug-likeness (QED) is 0.654. The summed E-state index contributed by atoms with van der Waals surface area (Å²) in [4.78, 5) is 16.1. The van der Waals surface area contributed by atoms with Gasteiger partial charge in [-0.2, -0.15) is 9.61 Å². The minimum Gasteiger partial charge on any atom is -0.325 e. The van der Waals surface area contributed by atoms with Crippen molar-refractivity contribution in [2.24, 2.45) is 0 Å². The molecule has 3 aromatic rings. The van der Waals surface area contributed by atoms with Gasteiger partial charge in [-0.3, -0.25) is 4.79 Å². The fourth-order valence-corrected chi connectivity index (χ4v) is 2.82. The van der Waals surface area contributed by atoms with Crippen molar-refractivity contribution < 1.29 is 0 Å². The zero-order chi connectivity index (χ0) is 15.1. The molecular formula is C14H12BrClN4O. The van der Waals surface area contributed by atoms with E-state index in [4.69, 9.17) is 11.6 Å². The van der Waals surface area contributed by atoms with Crippen molar-refractivity contribution in [3.05, 3.63) is 61.3 Å². The van der Waals surface area contributed by atoms with Gasteiger partial charge in [-0.1, -0.05) is 17.7 Å². The minimum absolute atomic E-state index is 0.137. The third-order valence-electron chi connectivity index (χ3n) is 3.32. The number of halogens is 2. The van der Waals surface area contributed by atoms with Crippen LogP contribution >= 0.6 is 27.5 Å². The standard InChI is InChI=1S/C14H12BrClN4O/c1-8-5-12(21)20-14(13(15)9(2)18-20)19(8)7-10-3-4-11(16)17-6-10/h3-6H,7H2,1-2H3. The SMILES string of the molecule is Cc1nn2c(=O)cc(C)n(Cc3ccc(Cl)nc3)c2c1Br. The number of hydrogen-bond donors (Lipinski definition) is 0. The van der Waals surface area contributed by atoms with Crippen molar-refractivity contribution in [1.29, 1.82) is 0 Å². The second-order valence-electron chi connectivity index (χ2n) is 4.83. The first kappa shape index (κ1) is 14.3. The molecule has 3 aromatic heterocycles. The highest BCUT2D eigenvalue weighted by molar-refractivity contribution is 9.10. The molecule has 0 fully saturated rings. The van der Waals surface area contributed by atoms with E-state index in [1.165, 1.54) is 4.52 Å². The van der Waals surface area contributed by atoms with Crippen LogP contribution in [-0.2, 0) is 6.54 Å². The largest absolute Gasteiger partial charge is 0.325 e. The van der Waals surface area contributed by atoms with E-state index in [9.17, 15) is 4.79 Å². The summed E-state index contributed by atoms with van der Waals surface area (Å²) in [5.74, 6) is 0. The van der Waals surface area contributed by atoms with Gasteiger partial charge in [0.2, 0.25) is 0 Å². The molecule has 0 aliphatic heterocycles. The summed E-state index contributed by atoms with van der Waals surface area (Å²) in [6.07, 6.45) is 1.73. The van der Waals surface area contributed by atoms with Crippen LogP contribution in [0.1, 0.15) is 17.0 Å². The fourth-order valence-electron chi connectivity index (χ4n) is 2.25. The minimum atomic E-state index is -0.137. The van der Waals surface area contributed by atoms with Gasteiger partial charge < -0.3 is 4.57 Å². The molecule has 3 heterocycles. The van der Waals surface area contributed by atoms with Crippen molar-refractivity contribution >= 4 is 33.2 Å². The Bertz CT molecular complexity index is 883. The molecule has 0 radical (unpaired) electrons. The summed E-state index contributed by atoms with van der Waals surface area (Å²) < 4.78 is 4.26. The van der Waals surface area contributed by atoms with Crippen molar-refractivity contribution in [2.75, 3.05) is 0 Å². The molecular weight excluding hydrogens is 356 g/mol. The Hall–Kier alpha value is -1.66. The van der Waals surface area contributed by atoms with Gasteiger partial charge in [0.15, 0.2) is 5.65 Å². The molecule has 108 valence electrons. The first-order chi connectivity index (χ1) is 9.97. The summed E-state index contributed by atoms with van der Waals surface area (Å²) in [7, 11) is 0. The van der Waals surface area contributed by atoms with Gasteiger partial charge in [0, 0.05) is 18.0 Å². The van der Waals surface area contributed by atoms with E-state index >= 15 is 0 Å². The lowest BCUT2D eigenvalue weighted by molar-refractivity contribution is 0.733. The van der Waals surface area contributed by atoms with E-state index in [1.807, 2.05) is 24.5 Å². The van der Waals surface area contributed by atoms with Gasteiger partial charge in [0.05, 0.1) is 16.7 Å². The van der Waals surface area contributed by atoms with Gasteiger partial charge in [0.25, 0.3) is 5.56 Å². The van der Waals surface area contributed by atoms with E-state index < -0.39 is 0 Å². The monoisotopic (exact) mass is 366 g/mol. The van der Waals surface area contributed by atoms with Gasteiger partial charge in [-0.15, -0.1) is 0 Å². The Morgan fingerprint density at radius 1 is 1.33 bits per heavy atom. The van der Waals surface area contributed by atoms with Crippen molar-refractivity contribution in [3.63, 3.8) is 0 Å².